The second kappa shape index (κ2) is 8.75. The first kappa shape index (κ1) is 22.3. The number of nitrogens with zero attached hydrogens (tertiary/aromatic N) is 4. The molecular formula is C22H23N5O3S. The lowest BCUT2D eigenvalue weighted by atomic mass is 9.97. The van der Waals surface area contributed by atoms with Gasteiger partial charge in [0, 0.05) is 18.5 Å². The van der Waals surface area contributed by atoms with E-state index >= 15 is 0 Å². The lowest BCUT2D eigenvalue weighted by Gasteiger charge is -2.24. The lowest BCUT2D eigenvalue weighted by molar-refractivity contribution is 0.0275. The minimum absolute atomic E-state index is 0.0232. The summed E-state index contributed by atoms with van der Waals surface area (Å²) in [4.78, 5) is 17.8. The third kappa shape index (κ3) is 5.01. The second-order valence-corrected chi connectivity index (χ2v) is 8.57. The quantitative estimate of drug-likeness (QED) is 0.700. The summed E-state index contributed by atoms with van der Waals surface area (Å²) >= 11 is 4.21. The molecule has 2 aromatic rings. The summed E-state index contributed by atoms with van der Waals surface area (Å²) < 4.78 is 11.4. The summed E-state index contributed by atoms with van der Waals surface area (Å²) in [5.74, 6) is 0.639. The fourth-order valence-corrected chi connectivity index (χ4v) is 3.58. The number of nitriles is 2. The van der Waals surface area contributed by atoms with Crippen LogP contribution in [0.25, 0.3) is 11.1 Å². The normalized spacial score (nSPS) is 15.8. The largest absolute Gasteiger partial charge is 0.489 e. The third-order valence-electron chi connectivity index (χ3n) is 4.67. The van der Waals surface area contributed by atoms with E-state index in [1.807, 2.05) is 32.9 Å². The van der Waals surface area contributed by atoms with E-state index in [9.17, 15) is 15.3 Å². The average Bonchev–Trinajstić information content (AvgIpc) is 3.15. The van der Waals surface area contributed by atoms with Gasteiger partial charge < -0.3 is 20.1 Å². The van der Waals surface area contributed by atoms with E-state index in [1.54, 1.807) is 29.2 Å². The van der Waals surface area contributed by atoms with Crippen LogP contribution < -0.4 is 10.5 Å². The van der Waals surface area contributed by atoms with Crippen molar-refractivity contribution in [1.82, 2.24) is 9.88 Å². The van der Waals surface area contributed by atoms with Crippen molar-refractivity contribution in [2.24, 2.45) is 0 Å². The average molecular weight is 438 g/mol. The van der Waals surface area contributed by atoms with Gasteiger partial charge in [-0.3, -0.25) is 0 Å². The highest BCUT2D eigenvalue weighted by atomic mass is 32.1. The van der Waals surface area contributed by atoms with Crippen LogP contribution in [0, 0.1) is 22.7 Å². The minimum atomic E-state index is -0.542. The molecule has 2 N–H and O–H groups in total. The predicted molar refractivity (Wildman–Crippen MR) is 118 cm³/mol. The van der Waals surface area contributed by atoms with Gasteiger partial charge in [0.2, 0.25) is 0 Å². The molecular weight excluding hydrogens is 414 g/mol. The molecule has 1 unspecified atom stereocenters. The highest BCUT2D eigenvalue weighted by molar-refractivity contribution is 7.80. The van der Waals surface area contributed by atoms with Gasteiger partial charge in [-0.2, -0.15) is 10.5 Å². The number of hydrogen-bond donors (Lipinski definition) is 2. The van der Waals surface area contributed by atoms with E-state index < -0.39 is 5.60 Å². The molecule has 1 aliphatic rings. The molecule has 3 rings (SSSR count). The monoisotopic (exact) mass is 437 g/mol. The molecule has 2 heterocycles. The smallest absolute Gasteiger partial charge is 0.410 e. The van der Waals surface area contributed by atoms with E-state index in [0.717, 1.165) is 0 Å². The van der Waals surface area contributed by atoms with Crippen molar-refractivity contribution in [3.05, 3.63) is 35.4 Å². The van der Waals surface area contributed by atoms with Crippen molar-refractivity contribution in [2.75, 3.05) is 18.8 Å². The Morgan fingerprint density at radius 2 is 1.87 bits per heavy atom. The van der Waals surface area contributed by atoms with Crippen molar-refractivity contribution < 1.29 is 14.3 Å². The number of aromatic nitrogens is 1. The van der Waals surface area contributed by atoms with E-state index in [4.69, 9.17) is 15.2 Å². The standard InChI is InChI=1S/C22H23N5O3S/c1-22(2,3)30-21(28)27-9-8-15(12-27)29-14-6-4-13(5-7-14)18-16(10-23)19(25)26-20(31)17(18)11-24/h4-7,15H,8-9,12H2,1-3H3,(H3,25,26,31). The molecule has 1 atom stereocenters. The number of thiol groups is 1. The third-order valence-corrected chi connectivity index (χ3v) is 5.00. The number of benzene rings is 1. The maximum absolute atomic E-state index is 12.2. The zero-order valence-corrected chi connectivity index (χ0v) is 18.4. The number of pyridine rings is 1. The van der Waals surface area contributed by atoms with Crippen molar-refractivity contribution in [2.45, 2.75) is 43.9 Å². The topological polar surface area (TPSA) is 125 Å². The number of hydrogen-bond acceptors (Lipinski definition) is 8. The van der Waals surface area contributed by atoms with Crippen LogP contribution in [-0.2, 0) is 4.74 Å². The summed E-state index contributed by atoms with van der Waals surface area (Å²) in [6, 6.07) is 11.1. The van der Waals surface area contributed by atoms with Gasteiger partial charge in [0.05, 0.1) is 12.1 Å². The van der Waals surface area contributed by atoms with Crippen LogP contribution in [0.2, 0.25) is 0 Å². The molecule has 0 radical (unpaired) electrons. The zero-order valence-electron chi connectivity index (χ0n) is 17.5. The molecule has 1 amide bonds. The molecule has 160 valence electrons. The van der Waals surface area contributed by atoms with Crippen molar-refractivity contribution >= 4 is 24.5 Å². The number of rotatable bonds is 3. The Morgan fingerprint density at radius 1 is 1.23 bits per heavy atom. The Bertz CT molecular complexity index is 1040. The SMILES string of the molecule is CC(C)(C)OC(=O)N1CCC(Oc2ccc(-c3c(C#N)c(N)nc(S)c3C#N)cc2)C1. The van der Waals surface area contributed by atoms with Gasteiger partial charge >= 0.3 is 6.09 Å². The molecule has 8 nitrogen and oxygen atoms in total. The maximum atomic E-state index is 12.2. The number of carbonyl (C=O) groups is 1. The molecule has 0 saturated carbocycles. The van der Waals surface area contributed by atoms with Gasteiger partial charge in [-0.25, -0.2) is 9.78 Å². The molecule has 1 fully saturated rings. The van der Waals surface area contributed by atoms with Gasteiger partial charge in [-0.1, -0.05) is 12.1 Å². The van der Waals surface area contributed by atoms with Gasteiger partial charge in [-0.05, 0) is 38.5 Å². The number of ether oxygens (including phenoxy) is 2. The van der Waals surface area contributed by atoms with Gasteiger partial charge in [0.25, 0.3) is 0 Å². The molecule has 0 bridgehead atoms. The minimum Gasteiger partial charge on any atom is -0.489 e. The molecule has 0 spiro atoms. The fraction of sp³-hybridized carbons (Fsp3) is 0.364. The number of nitrogens with two attached hydrogens (primary N) is 1. The Labute approximate surface area is 186 Å². The predicted octanol–water partition coefficient (Wildman–Crippen LogP) is 3.75. The zero-order chi connectivity index (χ0) is 22.8. The number of likely N-dealkylation sites (tertiary alicyclic amines) is 1. The summed E-state index contributed by atoms with van der Waals surface area (Å²) in [6.45, 7) is 6.50. The van der Waals surface area contributed by atoms with E-state index in [0.29, 0.717) is 36.4 Å². The van der Waals surface area contributed by atoms with Crippen LogP contribution in [0.4, 0.5) is 10.6 Å². The molecule has 1 aromatic heterocycles. The Morgan fingerprint density at radius 3 is 2.45 bits per heavy atom. The van der Waals surface area contributed by atoms with Crippen LogP contribution in [0.15, 0.2) is 29.3 Å². The van der Waals surface area contributed by atoms with Crippen molar-refractivity contribution in [1.29, 1.82) is 10.5 Å². The fourth-order valence-electron chi connectivity index (χ4n) is 3.31. The van der Waals surface area contributed by atoms with Crippen LogP contribution in [0.3, 0.4) is 0 Å². The Kier molecular flexibility index (Phi) is 6.28. The van der Waals surface area contributed by atoms with Gasteiger partial charge in [0.1, 0.15) is 46.0 Å². The lowest BCUT2D eigenvalue weighted by Crippen LogP contribution is -2.36. The number of anilines is 1. The molecule has 1 aliphatic heterocycles. The molecule has 9 heteroatoms. The number of amides is 1. The molecule has 0 aliphatic carbocycles. The number of nitrogen functional groups attached to an aromatic ring is 1. The summed E-state index contributed by atoms with van der Waals surface area (Å²) in [5, 5.41) is 19.2. The van der Waals surface area contributed by atoms with Crippen molar-refractivity contribution in [3.8, 4) is 29.0 Å². The highest BCUT2D eigenvalue weighted by Crippen LogP contribution is 2.34. The van der Waals surface area contributed by atoms with Crippen LogP contribution in [-0.4, -0.2) is 40.8 Å². The first-order chi connectivity index (χ1) is 14.6. The summed E-state index contributed by atoms with van der Waals surface area (Å²) in [5.41, 5.74) is 6.65. The first-order valence-corrected chi connectivity index (χ1v) is 10.2. The highest BCUT2D eigenvalue weighted by Gasteiger charge is 2.31. The van der Waals surface area contributed by atoms with Crippen LogP contribution >= 0.6 is 12.6 Å². The van der Waals surface area contributed by atoms with E-state index in [2.05, 4.69) is 17.6 Å². The molecule has 31 heavy (non-hydrogen) atoms. The van der Waals surface area contributed by atoms with E-state index in [-0.39, 0.29) is 34.2 Å². The Hall–Kier alpha value is -3.43. The van der Waals surface area contributed by atoms with Crippen molar-refractivity contribution in [3.63, 3.8) is 0 Å². The summed E-state index contributed by atoms with van der Waals surface area (Å²) in [6.07, 6.45) is 0.199. The van der Waals surface area contributed by atoms with Crippen LogP contribution in [0.1, 0.15) is 38.3 Å². The molecule has 1 saturated heterocycles. The van der Waals surface area contributed by atoms with E-state index in [1.165, 1.54) is 0 Å². The number of carbonyl (C=O) groups excluding carboxylic acids is 1. The Balaban J connectivity index is 1.75. The van der Waals surface area contributed by atoms with Gasteiger partial charge in [0.15, 0.2) is 0 Å². The summed E-state index contributed by atoms with van der Waals surface area (Å²) in [7, 11) is 0. The van der Waals surface area contributed by atoms with Crippen LogP contribution in [0.5, 0.6) is 5.75 Å². The maximum Gasteiger partial charge on any atom is 0.410 e. The second-order valence-electron chi connectivity index (χ2n) is 8.15. The first-order valence-electron chi connectivity index (χ1n) is 9.70. The molecule has 1 aromatic carbocycles. The van der Waals surface area contributed by atoms with Gasteiger partial charge in [-0.15, -0.1) is 12.6 Å².